The van der Waals surface area contributed by atoms with Gasteiger partial charge in [-0.3, -0.25) is 9.59 Å². The van der Waals surface area contributed by atoms with Gasteiger partial charge in [-0.05, 0) is 51.4 Å². The van der Waals surface area contributed by atoms with E-state index in [1.807, 2.05) is 21.1 Å². The number of allylic oxidation sites excluding steroid dienone is 6. The van der Waals surface area contributed by atoms with E-state index in [0.29, 0.717) is 23.9 Å². The second kappa shape index (κ2) is 48.0. The number of nitrogens with zero attached hydrogens (tertiary/aromatic N) is 1. The van der Waals surface area contributed by atoms with Crippen LogP contribution in [-0.4, -0.2) is 82.3 Å². The highest BCUT2D eigenvalue weighted by molar-refractivity contribution is 5.70. The number of carbonyl (C=O) groups excluding carboxylic acids is 3. The summed E-state index contributed by atoms with van der Waals surface area (Å²) in [5.41, 5.74) is 0. The fourth-order valence-electron chi connectivity index (χ4n) is 7.66. The number of esters is 2. The molecule has 0 aliphatic carbocycles. The number of quaternary nitrogens is 1. The molecule has 0 heterocycles. The molecular weight excluding hydrogens is 815 g/mol. The summed E-state index contributed by atoms with van der Waals surface area (Å²) in [6.45, 7) is 4.75. The van der Waals surface area contributed by atoms with Gasteiger partial charge in [-0.1, -0.05) is 217 Å². The lowest BCUT2D eigenvalue weighted by atomic mass is 10.0. The Hall–Kier alpha value is -2.49. The average molecular weight is 918 g/mol. The van der Waals surface area contributed by atoms with Gasteiger partial charge in [-0.2, -0.15) is 0 Å². The smallest absolute Gasteiger partial charge is 0.306 e. The standard InChI is InChI=1S/C56H103NO8/c1-6-8-10-12-14-16-18-20-22-24-25-26-27-28-29-31-33-35-37-39-41-43-45-47-54(59)65-52(51-64-56(55(60)61)62-49-48-57(3,4)5)50-63-53(58)46-44-42-40-38-36-34-32-30-23-21-19-17-15-13-11-9-7-2/h18,20,24-25,27-28,52,56H,6-17,19,21-23,26,29-51H2,1-5H3/b20-18-,25-24-,28-27-. The molecule has 0 rings (SSSR count). The van der Waals surface area contributed by atoms with E-state index in [0.717, 1.165) is 57.8 Å². The Morgan fingerprint density at radius 3 is 1.23 bits per heavy atom. The van der Waals surface area contributed by atoms with Crippen molar-refractivity contribution in [1.29, 1.82) is 0 Å². The zero-order valence-corrected chi connectivity index (χ0v) is 43.1. The van der Waals surface area contributed by atoms with E-state index in [1.54, 1.807) is 0 Å². The van der Waals surface area contributed by atoms with Crippen LogP contribution in [0.25, 0.3) is 0 Å². The Morgan fingerprint density at radius 2 is 0.831 bits per heavy atom. The molecule has 9 nitrogen and oxygen atoms in total. The number of rotatable bonds is 50. The van der Waals surface area contributed by atoms with Crippen LogP contribution >= 0.6 is 0 Å². The summed E-state index contributed by atoms with van der Waals surface area (Å²) < 4.78 is 22.7. The van der Waals surface area contributed by atoms with E-state index in [4.69, 9.17) is 18.9 Å². The molecule has 2 unspecified atom stereocenters. The van der Waals surface area contributed by atoms with Crippen molar-refractivity contribution >= 4 is 17.9 Å². The highest BCUT2D eigenvalue weighted by Crippen LogP contribution is 2.16. The lowest BCUT2D eigenvalue weighted by Gasteiger charge is -2.26. The number of carboxylic acids is 1. The predicted octanol–water partition coefficient (Wildman–Crippen LogP) is 14.0. The number of hydrogen-bond donors (Lipinski definition) is 0. The van der Waals surface area contributed by atoms with Gasteiger partial charge in [-0.25, -0.2) is 0 Å². The lowest BCUT2D eigenvalue weighted by molar-refractivity contribution is -0.870. The van der Waals surface area contributed by atoms with Crippen LogP contribution in [-0.2, 0) is 33.3 Å². The van der Waals surface area contributed by atoms with E-state index in [9.17, 15) is 19.5 Å². The zero-order valence-electron chi connectivity index (χ0n) is 43.1. The minimum absolute atomic E-state index is 0.147. The van der Waals surface area contributed by atoms with Crippen molar-refractivity contribution in [3.63, 3.8) is 0 Å². The van der Waals surface area contributed by atoms with E-state index in [2.05, 4.69) is 50.3 Å². The summed E-state index contributed by atoms with van der Waals surface area (Å²) in [6, 6.07) is 0. The van der Waals surface area contributed by atoms with Gasteiger partial charge in [0.25, 0.3) is 0 Å². The monoisotopic (exact) mass is 918 g/mol. The first-order valence-electron chi connectivity index (χ1n) is 27.1. The van der Waals surface area contributed by atoms with Crippen LogP contribution in [0.1, 0.15) is 245 Å². The normalized spacial score (nSPS) is 13.1. The Bertz CT molecular complexity index is 1160. The Balaban J connectivity index is 4.30. The predicted molar refractivity (Wildman–Crippen MR) is 269 cm³/mol. The fraction of sp³-hybridized carbons (Fsp3) is 0.839. The molecule has 0 aromatic carbocycles. The van der Waals surface area contributed by atoms with Crippen LogP contribution in [0.15, 0.2) is 36.5 Å². The van der Waals surface area contributed by atoms with Crippen LogP contribution in [0.5, 0.6) is 0 Å². The molecule has 0 amide bonds. The van der Waals surface area contributed by atoms with Gasteiger partial charge in [0.15, 0.2) is 12.4 Å². The van der Waals surface area contributed by atoms with Crippen LogP contribution in [0.3, 0.4) is 0 Å². The number of carboxylic acid groups (broad SMARTS) is 1. The summed E-state index contributed by atoms with van der Waals surface area (Å²) in [7, 11) is 5.92. The van der Waals surface area contributed by atoms with E-state index < -0.39 is 24.3 Å². The third-order valence-electron chi connectivity index (χ3n) is 11.9. The Morgan fingerprint density at radius 1 is 0.462 bits per heavy atom. The molecule has 65 heavy (non-hydrogen) atoms. The van der Waals surface area contributed by atoms with Crippen molar-refractivity contribution in [2.24, 2.45) is 0 Å². The molecule has 0 bridgehead atoms. The topological polar surface area (TPSA) is 111 Å². The minimum Gasteiger partial charge on any atom is -0.545 e. The molecule has 0 radical (unpaired) electrons. The van der Waals surface area contributed by atoms with Crippen LogP contribution < -0.4 is 5.11 Å². The van der Waals surface area contributed by atoms with E-state index in [-0.39, 0.29) is 32.2 Å². The molecule has 0 fully saturated rings. The van der Waals surface area contributed by atoms with Crippen LogP contribution in [0.4, 0.5) is 0 Å². The van der Waals surface area contributed by atoms with Gasteiger partial charge in [0.1, 0.15) is 13.2 Å². The van der Waals surface area contributed by atoms with Crippen molar-refractivity contribution in [1.82, 2.24) is 0 Å². The lowest BCUT2D eigenvalue weighted by Crippen LogP contribution is -2.44. The molecule has 380 valence electrons. The fourth-order valence-corrected chi connectivity index (χ4v) is 7.66. The van der Waals surface area contributed by atoms with E-state index in [1.165, 1.54) is 154 Å². The molecule has 2 atom stereocenters. The van der Waals surface area contributed by atoms with E-state index >= 15 is 0 Å². The number of unbranched alkanes of at least 4 members (excludes halogenated alkanes) is 29. The van der Waals surface area contributed by atoms with Crippen molar-refractivity contribution in [2.45, 2.75) is 257 Å². The van der Waals surface area contributed by atoms with Crippen molar-refractivity contribution in [3.05, 3.63) is 36.5 Å². The van der Waals surface area contributed by atoms with Gasteiger partial charge in [0, 0.05) is 12.8 Å². The molecule has 9 heteroatoms. The molecule has 0 aromatic rings. The maximum atomic E-state index is 12.8. The first kappa shape index (κ1) is 62.5. The third kappa shape index (κ3) is 49.2. The first-order valence-corrected chi connectivity index (χ1v) is 27.1. The molecular formula is C56H103NO8. The summed E-state index contributed by atoms with van der Waals surface area (Å²) >= 11 is 0. The average Bonchev–Trinajstić information content (AvgIpc) is 3.27. The number of hydrogen-bond acceptors (Lipinski definition) is 8. The molecule has 0 N–H and O–H groups in total. The summed E-state index contributed by atoms with van der Waals surface area (Å²) in [5.74, 6) is -2.28. The van der Waals surface area contributed by atoms with Crippen molar-refractivity contribution in [3.8, 4) is 0 Å². The maximum absolute atomic E-state index is 12.8. The van der Waals surface area contributed by atoms with Gasteiger partial charge in [-0.15, -0.1) is 0 Å². The number of aliphatic carboxylic acids is 1. The van der Waals surface area contributed by atoms with Gasteiger partial charge >= 0.3 is 11.9 Å². The second-order valence-electron chi connectivity index (χ2n) is 19.5. The highest BCUT2D eigenvalue weighted by atomic mass is 16.7. The van der Waals surface area contributed by atoms with Crippen molar-refractivity contribution in [2.75, 3.05) is 47.5 Å². The van der Waals surface area contributed by atoms with Gasteiger partial charge in [0.05, 0.1) is 40.3 Å². The molecule has 0 saturated heterocycles. The molecule has 0 aliphatic heterocycles. The number of likely N-dealkylation sites (N-methyl/N-ethyl adjacent to an activating group) is 1. The van der Waals surface area contributed by atoms with Crippen LogP contribution in [0.2, 0.25) is 0 Å². The SMILES string of the molecule is CCCCCCC/C=C\C/C=C\C/C=C\CCCCCCCCCCC(=O)OC(COC(=O)CCCCCCCCCCCCCCCCCCC)COC(OCC[N+](C)(C)C)C(=O)[O-]. The summed E-state index contributed by atoms with van der Waals surface area (Å²) in [6.07, 6.45) is 53.2. The highest BCUT2D eigenvalue weighted by Gasteiger charge is 2.22. The Labute approximate surface area is 400 Å². The molecule has 0 spiro atoms. The van der Waals surface area contributed by atoms with Crippen LogP contribution in [0, 0.1) is 0 Å². The number of carbonyl (C=O) groups is 3. The second-order valence-corrected chi connectivity index (χ2v) is 19.5. The summed E-state index contributed by atoms with van der Waals surface area (Å²) in [4.78, 5) is 37.2. The minimum atomic E-state index is -1.62. The maximum Gasteiger partial charge on any atom is 0.306 e. The largest absolute Gasteiger partial charge is 0.545 e. The molecule has 0 saturated carbocycles. The molecule has 0 aliphatic rings. The van der Waals surface area contributed by atoms with Gasteiger partial charge < -0.3 is 33.3 Å². The number of ether oxygens (including phenoxy) is 4. The quantitative estimate of drug-likeness (QED) is 0.0195. The molecule has 0 aromatic heterocycles. The first-order chi connectivity index (χ1) is 31.6. The van der Waals surface area contributed by atoms with Crippen molar-refractivity contribution < 1.29 is 42.9 Å². The van der Waals surface area contributed by atoms with Gasteiger partial charge in [0.2, 0.25) is 0 Å². The summed E-state index contributed by atoms with van der Waals surface area (Å²) in [5, 5.41) is 11.7. The zero-order chi connectivity index (χ0) is 47.7. The Kier molecular flexibility index (Phi) is 46.1. The third-order valence-corrected chi connectivity index (χ3v) is 11.9.